The summed E-state index contributed by atoms with van der Waals surface area (Å²) in [5.41, 5.74) is -1.56. The molecule has 6 heteroatoms. The first-order valence-corrected chi connectivity index (χ1v) is 10.0. The summed E-state index contributed by atoms with van der Waals surface area (Å²) in [4.78, 5) is 3.41. The highest BCUT2D eigenvalue weighted by Crippen LogP contribution is 2.33. The van der Waals surface area contributed by atoms with Gasteiger partial charge in [-0.3, -0.25) is 0 Å². The average molecular weight is 384 g/mol. The van der Waals surface area contributed by atoms with Crippen LogP contribution in [0.4, 0.5) is 0 Å². The minimum absolute atomic E-state index is 0.276. The molecule has 0 aliphatic carbocycles. The molecule has 0 atom stereocenters. The Balaban J connectivity index is 1.78. The molecule has 1 fully saturated rings. The van der Waals surface area contributed by atoms with Crippen LogP contribution in [-0.2, 0) is 8.92 Å². The van der Waals surface area contributed by atoms with E-state index in [0.29, 0.717) is 0 Å². The lowest BCUT2D eigenvalue weighted by Gasteiger charge is -2.35. The number of aliphatic hydroxyl groups is 1. The van der Waals surface area contributed by atoms with E-state index in [1.165, 1.54) is 12.0 Å². The van der Waals surface area contributed by atoms with Crippen LogP contribution in [0.1, 0.15) is 40.5 Å². The molecule has 0 amide bonds. The van der Waals surface area contributed by atoms with Crippen LogP contribution in [0.25, 0.3) is 0 Å². The normalized spacial score (nSPS) is 17.5. The molecule has 0 unspecified atom stereocenters. The van der Waals surface area contributed by atoms with Crippen LogP contribution in [0.3, 0.4) is 0 Å². The summed E-state index contributed by atoms with van der Waals surface area (Å²) in [6, 6.07) is 7.96. The fourth-order valence-corrected chi connectivity index (χ4v) is 3.25. The van der Waals surface area contributed by atoms with E-state index in [-0.39, 0.29) is 6.10 Å². The molecule has 5 nitrogen and oxygen atoms in total. The van der Waals surface area contributed by atoms with Crippen molar-refractivity contribution in [3.8, 4) is 5.75 Å². The van der Waals surface area contributed by atoms with Gasteiger partial charge in [0.2, 0.25) is 0 Å². The van der Waals surface area contributed by atoms with Crippen LogP contribution in [0, 0.1) is 0 Å². The number of piperidine rings is 1. The van der Waals surface area contributed by atoms with Crippen molar-refractivity contribution in [1.29, 1.82) is 0 Å². The SMILES string of the molecule is COCCN1CCC(Oc2ccc(SOC(C)(C)C(C)(C)O)cc2)CC1. The topological polar surface area (TPSA) is 51.2 Å². The molecule has 1 N–H and O–H groups in total. The van der Waals surface area contributed by atoms with Gasteiger partial charge in [0, 0.05) is 43.7 Å². The minimum Gasteiger partial charge on any atom is -0.490 e. The van der Waals surface area contributed by atoms with Gasteiger partial charge in [-0.2, -0.15) is 0 Å². The summed E-state index contributed by atoms with van der Waals surface area (Å²) in [7, 11) is 1.74. The summed E-state index contributed by atoms with van der Waals surface area (Å²) >= 11 is 1.28. The fraction of sp³-hybridized carbons (Fsp3) is 0.700. The number of methoxy groups -OCH3 is 1. The average Bonchev–Trinajstić information content (AvgIpc) is 2.60. The van der Waals surface area contributed by atoms with Gasteiger partial charge in [-0.05, 0) is 64.8 Å². The second-order valence-electron chi connectivity index (χ2n) is 7.86. The highest BCUT2D eigenvalue weighted by atomic mass is 32.2. The van der Waals surface area contributed by atoms with E-state index >= 15 is 0 Å². The van der Waals surface area contributed by atoms with Crippen molar-refractivity contribution in [3.05, 3.63) is 24.3 Å². The van der Waals surface area contributed by atoms with Crippen molar-refractivity contribution < 1.29 is 18.8 Å². The zero-order chi connectivity index (χ0) is 19.2. The standard InChI is InChI=1S/C20H33NO4S/c1-19(2,22)20(3,4)25-26-18-8-6-16(7-9-18)24-17-10-12-21(13-11-17)14-15-23-5/h6-9,17,22H,10-15H2,1-5H3. The van der Waals surface area contributed by atoms with Gasteiger partial charge in [0.1, 0.15) is 17.5 Å². The van der Waals surface area contributed by atoms with E-state index in [0.717, 1.165) is 49.7 Å². The Labute approximate surface area is 162 Å². The molecule has 0 aromatic heterocycles. The van der Waals surface area contributed by atoms with E-state index < -0.39 is 11.2 Å². The van der Waals surface area contributed by atoms with Crippen LogP contribution in [-0.4, -0.2) is 60.7 Å². The molecule has 0 bridgehead atoms. The highest BCUT2D eigenvalue weighted by Gasteiger charge is 2.36. The quantitative estimate of drug-likeness (QED) is 0.656. The van der Waals surface area contributed by atoms with Crippen LogP contribution in [0.15, 0.2) is 29.2 Å². The monoisotopic (exact) mass is 383 g/mol. The lowest BCUT2D eigenvalue weighted by atomic mass is 9.90. The lowest BCUT2D eigenvalue weighted by Crippen LogP contribution is -2.45. The zero-order valence-electron chi connectivity index (χ0n) is 16.7. The second kappa shape index (κ2) is 9.42. The lowest BCUT2D eigenvalue weighted by molar-refractivity contribution is -0.0813. The molecule has 1 aromatic rings. The van der Waals surface area contributed by atoms with Crippen LogP contribution in [0.2, 0.25) is 0 Å². The summed E-state index contributed by atoms with van der Waals surface area (Å²) in [6.07, 6.45) is 2.37. The number of likely N-dealkylation sites (tertiary alicyclic amines) is 1. The first kappa shape index (κ1) is 21.5. The third kappa shape index (κ3) is 6.43. The third-order valence-corrected chi connectivity index (χ3v) is 6.06. The van der Waals surface area contributed by atoms with Gasteiger partial charge in [-0.25, -0.2) is 0 Å². The maximum Gasteiger partial charge on any atom is 0.119 e. The van der Waals surface area contributed by atoms with Crippen molar-refractivity contribution >= 4 is 12.0 Å². The Hall–Kier alpha value is -0.790. The van der Waals surface area contributed by atoms with E-state index in [2.05, 4.69) is 4.90 Å². The number of benzene rings is 1. The summed E-state index contributed by atoms with van der Waals surface area (Å²) in [6.45, 7) is 11.2. The van der Waals surface area contributed by atoms with Crippen molar-refractivity contribution in [2.24, 2.45) is 0 Å². The molecule has 1 aromatic carbocycles. The van der Waals surface area contributed by atoms with Crippen LogP contribution < -0.4 is 4.74 Å². The van der Waals surface area contributed by atoms with E-state index in [9.17, 15) is 5.11 Å². The van der Waals surface area contributed by atoms with Gasteiger partial charge in [-0.15, -0.1) is 0 Å². The molecule has 2 rings (SSSR count). The van der Waals surface area contributed by atoms with Gasteiger partial charge >= 0.3 is 0 Å². The van der Waals surface area contributed by atoms with E-state index in [4.69, 9.17) is 13.7 Å². The molecule has 1 aliphatic heterocycles. The first-order chi connectivity index (χ1) is 12.2. The number of ether oxygens (including phenoxy) is 2. The Morgan fingerprint density at radius 2 is 1.73 bits per heavy atom. The molecule has 0 spiro atoms. The van der Waals surface area contributed by atoms with Gasteiger partial charge < -0.3 is 23.7 Å². The zero-order valence-corrected chi connectivity index (χ0v) is 17.5. The fourth-order valence-electron chi connectivity index (χ4n) is 2.49. The number of hydrogen-bond donors (Lipinski definition) is 1. The van der Waals surface area contributed by atoms with E-state index in [1.807, 2.05) is 38.1 Å². The third-order valence-electron chi connectivity index (χ3n) is 5.09. The van der Waals surface area contributed by atoms with E-state index in [1.54, 1.807) is 21.0 Å². The summed E-state index contributed by atoms with van der Waals surface area (Å²) in [5, 5.41) is 10.1. The maximum absolute atomic E-state index is 10.1. The molecule has 1 heterocycles. The maximum atomic E-state index is 10.1. The number of rotatable bonds is 9. The van der Waals surface area contributed by atoms with Crippen LogP contribution >= 0.6 is 12.0 Å². The Morgan fingerprint density at radius 1 is 1.12 bits per heavy atom. The molecule has 26 heavy (non-hydrogen) atoms. The molecular formula is C20H33NO4S. The van der Waals surface area contributed by atoms with Gasteiger partial charge in [-0.1, -0.05) is 0 Å². The number of hydrogen-bond acceptors (Lipinski definition) is 6. The summed E-state index contributed by atoms with van der Waals surface area (Å²) in [5.74, 6) is 0.895. The Morgan fingerprint density at radius 3 is 2.27 bits per heavy atom. The predicted molar refractivity (Wildman–Crippen MR) is 106 cm³/mol. The molecule has 0 radical (unpaired) electrons. The van der Waals surface area contributed by atoms with Gasteiger partial charge in [0.15, 0.2) is 0 Å². The smallest absolute Gasteiger partial charge is 0.119 e. The predicted octanol–water partition coefficient (Wildman–Crippen LogP) is 3.75. The molecule has 1 saturated heterocycles. The number of nitrogens with zero attached hydrogens (tertiary/aromatic N) is 1. The van der Waals surface area contributed by atoms with Crippen molar-refractivity contribution in [2.45, 2.75) is 62.7 Å². The highest BCUT2D eigenvalue weighted by molar-refractivity contribution is 7.94. The molecule has 1 aliphatic rings. The van der Waals surface area contributed by atoms with Crippen molar-refractivity contribution in [1.82, 2.24) is 4.90 Å². The molecule has 0 saturated carbocycles. The van der Waals surface area contributed by atoms with Gasteiger partial charge in [0.25, 0.3) is 0 Å². The van der Waals surface area contributed by atoms with Gasteiger partial charge in [0.05, 0.1) is 12.2 Å². The second-order valence-corrected chi connectivity index (χ2v) is 8.66. The molecule has 148 valence electrons. The van der Waals surface area contributed by atoms with Crippen molar-refractivity contribution in [2.75, 3.05) is 33.4 Å². The van der Waals surface area contributed by atoms with Crippen molar-refractivity contribution in [3.63, 3.8) is 0 Å². The van der Waals surface area contributed by atoms with Crippen LogP contribution in [0.5, 0.6) is 5.75 Å². The largest absolute Gasteiger partial charge is 0.490 e. The Kier molecular flexibility index (Phi) is 7.79. The Bertz CT molecular complexity index is 534. The first-order valence-electron chi connectivity index (χ1n) is 9.27. The summed E-state index contributed by atoms with van der Waals surface area (Å²) < 4.78 is 17.1. The minimum atomic E-state index is -0.916. The molecular weight excluding hydrogens is 350 g/mol.